The largest absolute Gasteiger partial charge is 0.492 e. The van der Waals surface area contributed by atoms with Crippen LogP contribution in [-0.2, 0) is 19.1 Å². The highest BCUT2D eigenvalue weighted by Crippen LogP contribution is 2.61. The van der Waals surface area contributed by atoms with Crippen molar-refractivity contribution < 1.29 is 23.8 Å². The maximum Gasteiger partial charge on any atom is 0.320 e. The topological polar surface area (TPSA) is 61.8 Å². The molecule has 2 aliphatic heterocycles. The van der Waals surface area contributed by atoms with Gasteiger partial charge in [-0.15, -0.1) is 0 Å². The van der Waals surface area contributed by atoms with E-state index < -0.39 is 23.4 Å². The first-order chi connectivity index (χ1) is 14.2. The molecule has 3 atom stereocenters. The summed E-state index contributed by atoms with van der Waals surface area (Å²) in [4.78, 5) is 26.4. The van der Waals surface area contributed by atoms with Gasteiger partial charge in [-0.05, 0) is 18.1 Å². The lowest BCUT2D eigenvalue weighted by Gasteiger charge is -2.51. The number of esters is 1. The van der Waals surface area contributed by atoms with Crippen LogP contribution in [0.2, 0.25) is 0 Å². The van der Waals surface area contributed by atoms with E-state index in [2.05, 4.69) is 0 Å². The molecule has 5 nitrogen and oxygen atoms in total. The number of allylic oxidation sites excluding steroid dienone is 2. The van der Waals surface area contributed by atoms with E-state index in [-0.39, 0.29) is 12.4 Å². The van der Waals surface area contributed by atoms with Crippen molar-refractivity contribution in [1.29, 1.82) is 0 Å². The molecule has 2 aromatic carbocycles. The molecule has 0 spiro atoms. The van der Waals surface area contributed by atoms with E-state index in [9.17, 15) is 9.59 Å². The second kappa shape index (κ2) is 6.76. The minimum atomic E-state index is -1.17. The highest BCUT2D eigenvalue weighted by molar-refractivity contribution is 6.00. The number of hydrogen-bond donors (Lipinski definition) is 0. The molecule has 0 saturated heterocycles. The van der Waals surface area contributed by atoms with Crippen molar-refractivity contribution in [3.05, 3.63) is 77.1 Å². The molecule has 0 N–H and O–H groups in total. The fraction of sp³-hybridized carbons (Fsp3) is 0.333. The molecule has 3 aliphatic rings. The summed E-state index contributed by atoms with van der Waals surface area (Å²) >= 11 is 0. The van der Waals surface area contributed by atoms with E-state index in [1.54, 1.807) is 0 Å². The Bertz CT molecular complexity index is 1010. The van der Waals surface area contributed by atoms with Crippen LogP contribution in [0.15, 0.2) is 65.9 Å². The summed E-state index contributed by atoms with van der Waals surface area (Å²) in [6.07, 6.45) is 1.32. The van der Waals surface area contributed by atoms with Gasteiger partial charge in [-0.3, -0.25) is 9.59 Å². The smallest absolute Gasteiger partial charge is 0.320 e. The van der Waals surface area contributed by atoms with Crippen LogP contribution in [0.25, 0.3) is 0 Å². The van der Waals surface area contributed by atoms with Gasteiger partial charge in [-0.1, -0.05) is 48.5 Å². The van der Waals surface area contributed by atoms with Gasteiger partial charge in [0.2, 0.25) is 0 Å². The summed E-state index contributed by atoms with van der Waals surface area (Å²) in [7, 11) is 1.38. The summed E-state index contributed by atoms with van der Waals surface area (Å²) in [5, 5.41) is 0. The Labute approximate surface area is 169 Å². The molecule has 1 aliphatic carbocycles. The molecular formula is C24H22O5. The van der Waals surface area contributed by atoms with Crippen LogP contribution in [0.5, 0.6) is 5.75 Å². The molecule has 2 heterocycles. The zero-order valence-corrected chi connectivity index (χ0v) is 16.2. The van der Waals surface area contributed by atoms with Gasteiger partial charge in [0, 0.05) is 29.9 Å². The van der Waals surface area contributed by atoms with Gasteiger partial charge >= 0.3 is 5.97 Å². The molecule has 5 rings (SSSR count). The van der Waals surface area contributed by atoms with E-state index in [0.717, 1.165) is 17.5 Å². The summed E-state index contributed by atoms with van der Waals surface area (Å²) < 4.78 is 17.8. The van der Waals surface area contributed by atoms with E-state index in [4.69, 9.17) is 14.2 Å². The number of Topliss-reactive ketones (excluding diaryl/α,β-unsaturated/α-hetero) is 1. The molecule has 0 bridgehead atoms. The van der Waals surface area contributed by atoms with Crippen LogP contribution in [0.3, 0.4) is 0 Å². The van der Waals surface area contributed by atoms with Crippen molar-refractivity contribution in [3.8, 4) is 5.75 Å². The number of rotatable bonds is 2. The minimum absolute atomic E-state index is 0.0488. The first-order valence-corrected chi connectivity index (χ1v) is 9.95. The Balaban J connectivity index is 1.81. The molecule has 0 fully saturated rings. The maximum absolute atomic E-state index is 13.4. The highest BCUT2D eigenvalue weighted by Gasteiger charge is 2.63. The molecule has 0 amide bonds. The average molecular weight is 390 g/mol. The van der Waals surface area contributed by atoms with Crippen molar-refractivity contribution in [2.45, 2.75) is 31.3 Å². The number of fused-ring (bicyclic) bond motifs is 4. The second-order valence-corrected chi connectivity index (χ2v) is 7.81. The van der Waals surface area contributed by atoms with Crippen LogP contribution in [0, 0.1) is 5.41 Å². The fourth-order valence-corrected chi connectivity index (χ4v) is 5.04. The number of benzene rings is 2. The monoisotopic (exact) mass is 390 g/mol. The number of ether oxygens (including phenoxy) is 3. The lowest BCUT2D eigenvalue weighted by Crippen LogP contribution is -2.54. The second-order valence-electron chi connectivity index (χ2n) is 7.81. The number of methoxy groups -OCH3 is 1. The maximum atomic E-state index is 13.4. The van der Waals surface area contributed by atoms with E-state index in [0.29, 0.717) is 29.9 Å². The number of carbonyl (C=O) groups is 2. The van der Waals surface area contributed by atoms with Crippen molar-refractivity contribution in [3.63, 3.8) is 0 Å². The minimum Gasteiger partial charge on any atom is -0.492 e. The van der Waals surface area contributed by atoms with Crippen LogP contribution < -0.4 is 4.74 Å². The SMILES string of the molecule is COC(=O)[C@@]12COc3ccccc3[C@@H]1C1=C(CCCC1=O)O[C@@H]2c1ccccc1. The van der Waals surface area contributed by atoms with Gasteiger partial charge in [0.25, 0.3) is 0 Å². The number of carbonyl (C=O) groups excluding carboxylic acids is 2. The van der Waals surface area contributed by atoms with E-state index in [1.165, 1.54) is 7.11 Å². The van der Waals surface area contributed by atoms with Crippen LogP contribution in [-0.4, -0.2) is 25.5 Å². The highest BCUT2D eigenvalue weighted by atomic mass is 16.5. The Morgan fingerprint density at radius 2 is 1.83 bits per heavy atom. The van der Waals surface area contributed by atoms with Crippen LogP contribution in [0.1, 0.15) is 42.4 Å². The van der Waals surface area contributed by atoms with Crippen molar-refractivity contribution >= 4 is 11.8 Å². The number of para-hydroxylation sites is 1. The van der Waals surface area contributed by atoms with Gasteiger partial charge in [-0.2, -0.15) is 0 Å². The summed E-state index contributed by atoms with van der Waals surface area (Å²) in [6.45, 7) is 0.0883. The normalized spacial score (nSPS) is 27.7. The Kier molecular flexibility index (Phi) is 4.19. The molecule has 0 radical (unpaired) electrons. The zero-order valence-electron chi connectivity index (χ0n) is 16.2. The number of hydrogen-bond acceptors (Lipinski definition) is 5. The summed E-state index contributed by atoms with van der Waals surface area (Å²) in [6, 6.07) is 17.3. The quantitative estimate of drug-likeness (QED) is 0.723. The zero-order chi connectivity index (χ0) is 20.0. The standard InChI is InChI=1S/C24H22O5/c1-27-23(26)24-14-28-18-12-6-5-10-16(18)21(24)20-17(25)11-7-13-19(20)29-22(24)15-8-3-2-4-9-15/h2-6,8-10,12,21-22H,7,11,13-14H2,1H3/t21-,22-,24+/m1/s1. The summed E-state index contributed by atoms with van der Waals surface area (Å²) in [5.41, 5.74) is 1.16. The lowest BCUT2D eigenvalue weighted by molar-refractivity contribution is -0.173. The molecule has 29 heavy (non-hydrogen) atoms. The van der Waals surface area contributed by atoms with Gasteiger partial charge in [0.05, 0.1) is 7.11 Å². The molecule has 0 aromatic heterocycles. The lowest BCUT2D eigenvalue weighted by atomic mass is 9.59. The average Bonchev–Trinajstić information content (AvgIpc) is 2.78. The van der Waals surface area contributed by atoms with Crippen molar-refractivity contribution in [1.82, 2.24) is 0 Å². The fourth-order valence-electron chi connectivity index (χ4n) is 5.04. The molecule has 0 saturated carbocycles. The predicted octanol–water partition coefficient (Wildman–Crippen LogP) is 4.10. The predicted molar refractivity (Wildman–Crippen MR) is 105 cm³/mol. The van der Waals surface area contributed by atoms with Gasteiger partial charge in [0.15, 0.2) is 11.2 Å². The van der Waals surface area contributed by atoms with E-state index >= 15 is 0 Å². The summed E-state index contributed by atoms with van der Waals surface area (Å²) in [5.74, 6) is 0.581. The third-order valence-electron chi connectivity index (χ3n) is 6.30. The van der Waals surface area contributed by atoms with Crippen molar-refractivity contribution in [2.75, 3.05) is 13.7 Å². The van der Waals surface area contributed by atoms with E-state index in [1.807, 2.05) is 54.6 Å². The first-order valence-electron chi connectivity index (χ1n) is 9.95. The molecular weight excluding hydrogens is 368 g/mol. The molecule has 0 unspecified atom stereocenters. The molecule has 2 aromatic rings. The van der Waals surface area contributed by atoms with Gasteiger partial charge in [-0.25, -0.2) is 0 Å². The molecule has 5 heteroatoms. The van der Waals surface area contributed by atoms with Gasteiger partial charge < -0.3 is 14.2 Å². The Morgan fingerprint density at radius 3 is 2.62 bits per heavy atom. The number of ketones is 1. The third kappa shape index (κ3) is 2.53. The first kappa shape index (κ1) is 18.0. The van der Waals surface area contributed by atoms with Crippen LogP contribution in [0.4, 0.5) is 0 Å². The third-order valence-corrected chi connectivity index (χ3v) is 6.30. The Morgan fingerprint density at radius 1 is 1.07 bits per heavy atom. The Hall–Kier alpha value is -3.08. The van der Waals surface area contributed by atoms with Crippen molar-refractivity contribution in [2.24, 2.45) is 5.41 Å². The van der Waals surface area contributed by atoms with Gasteiger partial charge in [0.1, 0.15) is 24.2 Å². The molecule has 148 valence electrons. The van der Waals surface area contributed by atoms with Crippen LogP contribution >= 0.6 is 0 Å².